The highest BCUT2D eigenvalue weighted by Crippen LogP contribution is 2.22. The molecule has 2 aromatic rings. The maximum absolute atomic E-state index is 12.9. The minimum Gasteiger partial charge on any atom is -0.379 e. The molecule has 2 heterocycles. The number of fused-ring (bicyclic) bond motifs is 1. The highest BCUT2D eigenvalue weighted by molar-refractivity contribution is 5.89. The van der Waals surface area contributed by atoms with Crippen LogP contribution in [0.5, 0.6) is 0 Å². The van der Waals surface area contributed by atoms with E-state index in [0.717, 1.165) is 39.4 Å². The van der Waals surface area contributed by atoms with E-state index in [-0.39, 0.29) is 18.2 Å². The maximum Gasteiger partial charge on any atom is 0.237 e. The summed E-state index contributed by atoms with van der Waals surface area (Å²) in [5.74, 6) is -0.0420. The number of carbonyl (C=O) groups excluding carboxylic acids is 2. The molecule has 2 aromatic carbocycles. The standard InChI is InChI=1S/C24H32N4O3/c1-26(11-12-27-13-15-31-16-14-27)23(29)17-22-24(30)25-9-10-28(22)18-20-7-4-6-19-5-2-3-8-21(19)20/h2-8,22H,9-18H2,1H3,(H,25,30)/t22-/m0/s1. The predicted molar refractivity (Wildman–Crippen MR) is 121 cm³/mol. The molecule has 0 unspecified atom stereocenters. The Bertz CT molecular complexity index is 907. The molecule has 2 amide bonds. The lowest BCUT2D eigenvalue weighted by molar-refractivity contribution is -0.138. The van der Waals surface area contributed by atoms with Crippen molar-refractivity contribution in [3.05, 3.63) is 48.0 Å². The summed E-state index contributed by atoms with van der Waals surface area (Å²) in [7, 11) is 1.83. The van der Waals surface area contributed by atoms with Crippen molar-refractivity contribution in [3.8, 4) is 0 Å². The third-order valence-electron chi connectivity index (χ3n) is 6.34. The number of nitrogens with one attached hydrogen (secondary N) is 1. The van der Waals surface area contributed by atoms with E-state index in [1.165, 1.54) is 16.3 Å². The SMILES string of the molecule is CN(CCN1CCOCC1)C(=O)C[C@H]1C(=O)NCCN1Cc1cccc2ccccc12. The molecule has 1 N–H and O–H groups in total. The number of rotatable bonds is 7. The Morgan fingerprint density at radius 3 is 2.74 bits per heavy atom. The molecule has 2 aliphatic heterocycles. The third kappa shape index (κ3) is 5.42. The van der Waals surface area contributed by atoms with Gasteiger partial charge in [0.1, 0.15) is 0 Å². The largest absolute Gasteiger partial charge is 0.379 e. The van der Waals surface area contributed by atoms with Crippen molar-refractivity contribution >= 4 is 22.6 Å². The second-order valence-electron chi connectivity index (χ2n) is 8.39. The summed E-state index contributed by atoms with van der Waals surface area (Å²) in [5, 5.41) is 5.33. The first-order valence-corrected chi connectivity index (χ1v) is 11.1. The molecule has 7 heteroatoms. The molecule has 2 aliphatic rings. The van der Waals surface area contributed by atoms with Crippen molar-refractivity contribution in [1.29, 1.82) is 0 Å². The zero-order valence-corrected chi connectivity index (χ0v) is 18.3. The number of hydrogen-bond acceptors (Lipinski definition) is 5. The van der Waals surface area contributed by atoms with Crippen LogP contribution in [0.1, 0.15) is 12.0 Å². The van der Waals surface area contributed by atoms with Gasteiger partial charge in [0, 0.05) is 52.9 Å². The second kappa shape index (κ2) is 10.2. The Kier molecular flexibility index (Phi) is 7.17. The number of piperazine rings is 1. The van der Waals surface area contributed by atoms with Gasteiger partial charge >= 0.3 is 0 Å². The van der Waals surface area contributed by atoms with Gasteiger partial charge in [-0.05, 0) is 16.3 Å². The first kappa shape index (κ1) is 21.7. The molecule has 0 radical (unpaired) electrons. The number of morpholine rings is 1. The molecule has 1 atom stereocenters. The van der Waals surface area contributed by atoms with Gasteiger partial charge in [0.15, 0.2) is 0 Å². The summed E-state index contributed by atoms with van der Waals surface area (Å²) in [6.45, 7) is 6.83. The summed E-state index contributed by atoms with van der Waals surface area (Å²) in [6, 6.07) is 14.1. The van der Waals surface area contributed by atoms with Crippen molar-refractivity contribution < 1.29 is 14.3 Å². The van der Waals surface area contributed by atoms with E-state index in [0.29, 0.717) is 19.6 Å². The van der Waals surface area contributed by atoms with Crippen LogP contribution < -0.4 is 5.32 Å². The summed E-state index contributed by atoms with van der Waals surface area (Å²) < 4.78 is 5.38. The maximum atomic E-state index is 12.9. The van der Waals surface area contributed by atoms with Crippen LogP contribution >= 0.6 is 0 Å². The van der Waals surface area contributed by atoms with E-state index in [9.17, 15) is 9.59 Å². The first-order chi connectivity index (χ1) is 15.1. The third-order valence-corrected chi connectivity index (χ3v) is 6.34. The number of nitrogens with zero attached hydrogens (tertiary/aromatic N) is 3. The zero-order chi connectivity index (χ0) is 21.6. The first-order valence-electron chi connectivity index (χ1n) is 11.1. The lowest BCUT2D eigenvalue weighted by Crippen LogP contribution is -2.56. The fourth-order valence-corrected chi connectivity index (χ4v) is 4.38. The van der Waals surface area contributed by atoms with Crippen molar-refractivity contribution in [2.24, 2.45) is 0 Å². The Hall–Kier alpha value is -2.48. The quantitative estimate of drug-likeness (QED) is 0.726. The summed E-state index contributed by atoms with van der Waals surface area (Å²) >= 11 is 0. The monoisotopic (exact) mass is 424 g/mol. The van der Waals surface area contributed by atoms with Gasteiger partial charge in [0.25, 0.3) is 0 Å². The second-order valence-corrected chi connectivity index (χ2v) is 8.39. The Balaban J connectivity index is 1.40. The highest BCUT2D eigenvalue weighted by atomic mass is 16.5. The topological polar surface area (TPSA) is 65.1 Å². The molecule has 7 nitrogen and oxygen atoms in total. The van der Waals surface area contributed by atoms with E-state index >= 15 is 0 Å². The van der Waals surface area contributed by atoms with Gasteiger partial charge in [-0.25, -0.2) is 0 Å². The van der Waals surface area contributed by atoms with Gasteiger partial charge in [-0.3, -0.25) is 19.4 Å². The van der Waals surface area contributed by atoms with Gasteiger partial charge in [0.2, 0.25) is 11.8 Å². The Morgan fingerprint density at radius 2 is 1.90 bits per heavy atom. The normalized spacial score (nSPS) is 20.5. The number of carbonyl (C=O) groups is 2. The molecule has 0 saturated carbocycles. The highest BCUT2D eigenvalue weighted by Gasteiger charge is 2.32. The molecular formula is C24H32N4O3. The van der Waals surface area contributed by atoms with E-state index in [2.05, 4.69) is 45.4 Å². The molecular weight excluding hydrogens is 392 g/mol. The molecule has 2 saturated heterocycles. The molecule has 31 heavy (non-hydrogen) atoms. The summed E-state index contributed by atoms with van der Waals surface area (Å²) in [6.07, 6.45) is 0.205. The lowest BCUT2D eigenvalue weighted by Gasteiger charge is -2.36. The van der Waals surface area contributed by atoms with Crippen LogP contribution in [-0.4, -0.2) is 92.1 Å². The molecule has 0 spiro atoms. The smallest absolute Gasteiger partial charge is 0.237 e. The van der Waals surface area contributed by atoms with E-state index in [4.69, 9.17) is 4.74 Å². The summed E-state index contributed by atoms with van der Waals surface area (Å²) in [5.41, 5.74) is 1.19. The molecule has 2 fully saturated rings. The van der Waals surface area contributed by atoms with E-state index in [1.54, 1.807) is 4.90 Å². The molecule has 0 aromatic heterocycles. The van der Waals surface area contributed by atoms with E-state index < -0.39 is 6.04 Å². The Labute approximate surface area is 183 Å². The van der Waals surface area contributed by atoms with Crippen LogP contribution in [0.4, 0.5) is 0 Å². The van der Waals surface area contributed by atoms with Crippen LogP contribution in [0.25, 0.3) is 10.8 Å². The number of hydrogen-bond donors (Lipinski definition) is 1. The molecule has 166 valence electrons. The molecule has 0 bridgehead atoms. The van der Waals surface area contributed by atoms with Crippen LogP contribution in [-0.2, 0) is 20.9 Å². The van der Waals surface area contributed by atoms with Gasteiger partial charge in [-0.1, -0.05) is 42.5 Å². The number of ether oxygens (including phenoxy) is 1. The van der Waals surface area contributed by atoms with Gasteiger partial charge in [-0.15, -0.1) is 0 Å². The number of likely N-dealkylation sites (N-methyl/N-ethyl adjacent to an activating group) is 1. The average Bonchev–Trinajstić information content (AvgIpc) is 2.80. The van der Waals surface area contributed by atoms with Crippen LogP contribution in [0.3, 0.4) is 0 Å². The van der Waals surface area contributed by atoms with Crippen molar-refractivity contribution in [2.75, 3.05) is 59.5 Å². The predicted octanol–water partition coefficient (Wildman–Crippen LogP) is 1.32. The van der Waals surface area contributed by atoms with Gasteiger partial charge in [-0.2, -0.15) is 0 Å². The minimum atomic E-state index is -0.439. The summed E-state index contributed by atoms with van der Waals surface area (Å²) in [4.78, 5) is 31.8. The van der Waals surface area contributed by atoms with E-state index in [1.807, 2.05) is 19.2 Å². The average molecular weight is 425 g/mol. The fourth-order valence-electron chi connectivity index (χ4n) is 4.38. The fraction of sp³-hybridized carbons (Fsp3) is 0.500. The molecule has 4 rings (SSSR count). The van der Waals surface area contributed by atoms with Gasteiger partial charge in [0.05, 0.1) is 25.7 Å². The van der Waals surface area contributed by atoms with Crippen molar-refractivity contribution in [1.82, 2.24) is 20.0 Å². The lowest BCUT2D eigenvalue weighted by atomic mass is 10.0. The number of benzene rings is 2. The van der Waals surface area contributed by atoms with Crippen molar-refractivity contribution in [3.63, 3.8) is 0 Å². The number of amides is 2. The van der Waals surface area contributed by atoms with Crippen LogP contribution in [0.15, 0.2) is 42.5 Å². The van der Waals surface area contributed by atoms with Crippen molar-refractivity contribution in [2.45, 2.75) is 19.0 Å². The van der Waals surface area contributed by atoms with Crippen LogP contribution in [0.2, 0.25) is 0 Å². The van der Waals surface area contributed by atoms with Crippen LogP contribution in [0, 0.1) is 0 Å². The minimum absolute atomic E-state index is 0.0122. The molecule has 0 aliphatic carbocycles. The Morgan fingerprint density at radius 1 is 1.13 bits per heavy atom. The zero-order valence-electron chi connectivity index (χ0n) is 18.3. The van der Waals surface area contributed by atoms with Gasteiger partial charge < -0.3 is 15.0 Å².